The molecule has 16 heavy (non-hydrogen) atoms. The van der Waals surface area contributed by atoms with Gasteiger partial charge in [-0.05, 0) is 13.0 Å². The largest absolute Gasteiger partial charge is 0.397 e. The van der Waals surface area contributed by atoms with Crippen molar-refractivity contribution in [3.63, 3.8) is 0 Å². The summed E-state index contributed by atoms with van der Waals surface area (Å²) in [7, 11) is 0. The van der Waals surface area contributed by atoms with E-state index < -0.39 is 0 Å². The number of aromatic nitrogens is 2. The van der Waals surface area contributed by atoms with Gasteiger partial charge in [-0.25, -0.2) is 4.98 Å². The number of nitrogens with two attached hydrogens (primary N) is 1. The third-order valence-corrected chi connectivity index (χ3v) is 2.87. The number of aryl methyl sites for hydroxylation is 1. The van der Waals surface area contributed by atoms with E-state index in [2.05, 4.69) is 15.3 Å². The summed E-state index contributed by atoms with van der Waals surface area (Å²) in [6.07, 6.45) is 1.59. The highest BCUT2D eigenvalue weighted by molar-refractivity contribution is 7.09. The molecule has 4 N–H and O–H groups in total. The number of carbonyl (C=O) groups is 1. The molecule has 2 rings (SSSR count). The van der Waals surface area contributed by atoms with Gasteiger partial charge in [0.15, 0.2) is 0 Å². The molecule has 0 saturated heterocycles. The van der Waals surface area contributed by atoms with Crippen LogP contribution in [0.15, 0.2) is 17.6 Å². The second kappa shape index (κ2) is 4.36. The molecule has 0 aliphatic carbocycles. The highest BCUT2D eigenvalue weighted by Crippen LogP contribution is 2.08. The van der Waals surface area contributed by atoms with Crippen LogP contribution in [0.25, 0.3) is 0 Å². The van der Waals surface area contributed by atoms with Gasteiger partial charge in [0.1, 0.15) is 5.69 Å². The quantitative estimate of drug-likeness (QED) is 0.750. The number of H-pyrrole nitrogens is 1. The molecule has 0 fully saturated rings. The molecule has 0 radical (unpaired) electrons. The Morgan fingerprint density at radius 1 is 1.69 bits per heavy atom. The summed E-state index contributed by atoms with van der Waals surface area (Å²) in [4.78, 5) is 18.7. The lowest BCUT2D eigenvalue weighted by atomic mass is 10.3. The average Bonchev–Trinajstić information content (AvgIpc) is 2.84. The minimum Gasteiger partial charge on any atom is -0.397 e. The van der Waals surface area contributed by atoms with Gasteiger partial charge in [-0.2, -0.15) is 0 Å². The fourth-order valence-electron chi connectivity index (χ4n) is 1.30. The first-order valence-corrected chi connectivity index (χ1v) is 5.66. The number of aromatic amines is 1. The summed E-state index contributed by atoms with van der Waals surface area (Å²) in [5.74, 6) is -0.178. The summed E-state index contributed by atoms with van der Waals surface area (Å²) in [5.41, 5.74) is 7.39. The number of nitrogen functional groups attached to an aromatic ring is 1. The van der Waals surface area contributed by atoms with Crippen LogP contribution < -0.4 is 11.1 Å². The van der Waals surface area contributed by atoms with Gasteiger partial charge in [0.2, 0.25) is 0 Å². The van der Waals surface area contributed by atoms with Gasteiger partial charge < -0.3 is 16.0 Å². The van der Waals surface area contributed by atoms with E-state index in [1.54, 1.807) is 23.6 Å². The van der Waals surface area contributed by atoms with Gasteiger partial charge in [0.25, 0.3) is 5.91 Å². The number of carbonyl (C=O) groups excluding carboxylic acids is 1. The molecule has 2 aromatic heterocycles. The summed E-state index contributed by atoms with van der Waals surface area (Å²) in [6, 6.07) is 1.60. The third-order valence-electron chi connectivity index (χ3n) is 2.05. The molecule has 0 aliphatic rings. The predicted molar refractivity (Wildman–Crippen MR) is 63.2 cm³/mol. The topological polar surface area (TPSA) is 83.8 Å². The van der Waals surface area contributed by atoms with Crippen molar-refractivity contribution in [1.29, 1.82) is 0 Å². The average molecular weight is 236 g/mol. The molecule has 0 spiro atoms. The normalized spacial score (nSPS) is 10.3. The molecule has 0 atom stereocenters. The molecular weight excluding hydrogens is 224 g/mol. The Morgan fingerprint density at radius 3 is 3.06 bits per heavy atom. The van der Waals surface area contributed by atoms with Crippen LogP contribution in [0, 0.1) is 6.92 Å². The lowest BCUT2D eigenvalue weighted by Gasteiger charge is -2.00. The van der Waals surface area contributed by atoms with Crippen molar-refractivity contribution >= 4 is 22.9 Å². The Morgan fingerprint density at radius 2 is 2.50 bits per heavy atom. The van der Waals surface area contributed by atoms with E-state index in [0.717, 1.165) is 10.7 Å². The van der Waals surface area contributed by atoms with Crippen molar-refractivity contribution in [1.82, 2.24) is 15.3 Å². The smallest absolute Gasteiger partial charge is 0.268 e. The van der Waals surface area contributed by atoms with Crippen molar-refractivity contribution in [3.05, 3.63) is 34.0 Å². The summed E-state index contributed by atoms with van der Waals surface area (Å²) in [5, 5.41) is 5.68. The minimum atomic E-state index is -0.178. The van der Waals surface area contributed by atoms with E-state index in [1.165, 1.54) is 0 Å². The molecule has 2 heterocycles. The lowest BCUT2D eigenvalue weighted by Crippen LogP contribution is -2.23. The van der Waals surface area contributed by atoms with Gasteiger partial charge in [-0.3, -0.25) is 4.79 Å². The molecule has 2 aromatic rings. The predicted octanol–water partition coefficient (Wildman–Crippen LogP) is 1.29. The van der Waals surface area contributed by atoms with Crippen LogP contribution in [-0.2, 0) is 6.54 Å². The van der Waals surface area contributed by atoms with Crippen LogP contribution in [0.4, 0.5) is 5.69 Å². The van der Waals surface area contributed by atoms with Crippen LogP contribution >= 0.6 is 11.3 Å². The fourth-order valence-corrected chi connectivity index (χ4v) is 1.91. The van der Waals surface area contributed by atoms with Crippen molar-refractivity contribution in [2.45, 2.75) is 13.5 Å². The maximum Gasteiger partial charge on any atom is 0.268 e. The van der Waals surface area contributed by atoms with Gasteiger partial charge >= 0.3 is 0 Å². The van der Waals surface area contributed by atoms with Crippen LogP contribution in [0.2, 0.25) is 0 Å². The number of nitrogens with zero attached hydrogens (tertiary/aromatic N) is 1. The number of anilines is 1. The SMILES string of the molecule is Cc1nc(CNC(=O)c2cc(N)c[nH]2)cs1. The number of amides is 1. The fraction of sp³-hybridized carbons (Fsp3) is 0.200. The second-order valence-electron chi connectivity index (χ2n) is 3.39. The molecule has 6 heteroatoms. The van der Waals surface area contributed by atoms with Crippen LogP contribution in [0.1, 0.15) is 21.2 Å². The first-order valence-electron chi connectivity index (χ1n) is 4.78. The van der Waals surface area contributed by atoms with Crippen LogP contribution in [0.3, 0.4) is 0 Å². The first kappa shape index (κ1) is 10.7. The van der Waals surface area contributed by atoms with E-state index in [-0.39, 0.29) is 5.91 Å². The molecule has 0 saturated carbocycles. The van der Waals surface area contributed by atoms with Gasteiger partial charge in [0.05, 0.1) is 17.2 Å². The molecule has 0 aliphatic heterocycles. The number of thiazole rings is 1. The van der Waals surface area contributed by atoms with E-state index in [1.807, 2.05) is 12.3 Å². The Kier molecular flexibility index (Phi) is 2.91. The maximum atomic E-state index is 11.6. The molecular formula is C10H12N4OS. The summed E-state index contributed by atoms with van der Waals surface area (Å²) in [6.45, 7) is 2.36. The molecule has 5 nitrogen and oxygen atoms in total. The van der Waals surface area contributed by atoms with Crippen LogP contribution in [-0.4, -0.2) is 15.9 Å². The maximum absolute atomic E-state index is 11.6. The van der Waals surface area contributed by atoms with Gasteiger partial charge in [-0.1, -0.05) is 0 Å². The number of hydrogen-bond acceptors (Lipinski definition) is 4. The Balaban J connectivity index is 1.93. The zero-order valence-corrected chi connectivity index (χ0v) is 9.60. The monoisotopic (exact) mass is 236 g/mol. The second-order valence-corrected chi connectivity index (χ2v) is 4.45. The highest BCUT2D eigenvalue weighted by Gasteiger charge is 2.07. The number of nitrogens with one attached hydrogen (secondary N) is 2. The zero-order chi connectivity index (χ0) is 11.5. The number of rotatable bonds is 3. The van der Waals surface area contributed by atoms with Gasteiger partial charge in [-0.15, -0.1) is 11.3 Å². The van der Waals surface area contributed by atoms with Crippen molar-refractivity contribution in [2.75, 3.05) is 5.73 Å². The summed E-state index contributed by atoms with van der Waals surface area (Å²) >= 11 is 1.57. The Labute approximate surface area is 96.7 Å². The van der Waals surface area contributed by atoms with E-state index in [9.17, 15) is 4.79 Å². The molecule has 0 bridgehead atoms. The molecule has 1 amide bonds. The minimum absolute atomic E-state index is 0.178. The molecule has 0 aromatic carbocycles. The van der Waals surface area contributed by atoms with E-state index in [0.29, 0.717) is 17.9 Å². The van der Waals surface area contributed by atoms with Crippen molar-refractivity contribution in [2.24, 2.45) is 0 Å². The standard InChI is InChI=1S/C10H12N4OS/c1-6-14-8(5-16-6)4-13-10(15)9-2-7(11)3-12-9/h2-3,5,12H,4,11H2,1H3,(H,13,15). The Bertz CT molecular complexity index is 502. The number of hydrogen-bond donors (Lipinski definition) is 3. The Hall–Kier alpha value is -1.82. The summed E-state index contributed by atoms with van der Waals surface area (Å²) < 4.78 is 0. The lowest BCUT2D eigenvalue weighted by molar-refractivity contribution is 0.0946. The van der Waals surface area contributed by atoms with E-state index in [4.69, 9.17) is 5.73 Å². The molecule has 0 unspecified atom stereocenters. The zero-order valence-electron chi connectivity index (χ0n) is 8.78. The van der Waals surface area contributed by atoms with Crippen molar-refractivity contribution < 1.29 is 4.79 Å². The molecule has 84 valence electrons. The van der Waals surface area contributed by atoms with Gasteiger partial charge in [0, 0.05) is 17.3 Å². The van der Waals surface area contributed by atoms with E-state index >= 15 is 0 Å². The highest BCUT2D eigenvalue weighted by atomic mass is 32.1. The first-order chi connectivity index (χ1) is 7.65. The van der Waals surface area contributed by atoms with Crippen molar-refractivity contribution in [3.8, 4) is 0 Å². The van der Waals surface area contributed by atoms with Crippen LogP contribution in [0.5, 0.6) is 0 Å². The third kappa shape index (κ3) is 2.40.